The predicted molar refractivity (Wildman–Crippen MR) is 73.3 cm³/mol. The van der Waals surface area contributed by atoms with E-state index in [-0.39, 0.29) is 24.1 Å². The Morgan fingerprint density at radius 2 is 2.38 bits per heavy atom. The van der Waals surface area contributed by atoms with Gasteiger partial charge in [0.2, 0.25) is 5.91 Å². The normalized spacial score (nSPS) is 17.9. The molecule has 0 aromatic carbocycles. The van der Waals surface area contributed by atoms with Gasteiger partial charge in [0, 0.05) is 19.3 Å². The van der Waals surface area contributed by atoms with E-state index in [2.05, 4.69) is 10.3 Å². The van der Waals surface area contributed by atoms with Gasteiger partial charge < -0.3 is 15.0 Å². The van der Waals surface area contributed by atoms with Crippen molar-refractivity contribution in [1.82, 2.24) is 15.2 Å². The van der Waals surface area contributed by atoms with E-state index >= 15 is 0 Å². The summed E-state index contributed by atoms with van der Waals surface area (Å²) < 4.78 is 5.28. The highest BCUT2D eigenvalue weighted by atomic mass is 16.5. The highest BCUT2D eigenvalue weighted by molar-refractivity contribution is 5.96. The summed E-state index contributed by atoms with van der Waals surface area (Å²) in [6.07, 6.45) is 1.34. The van der Waals surface area contributed by atoms with Crippen LogP contribution in [0.15, 0.2) is 18.3 Å². The summed E-state index contributed by atoms with van der Waals surface area (Å²) in [6.45, 7) is 3.20. The second-order valence-corrected chi connectivity index (χ2v) is 4.53. The van der Waals surface area contributed by atoms with E-state index in [0.29, 0.717) is 25.3 Å². The van der Waals surface area contributed by atoms with Crippen LogP contribution >= 0.6 is 0 Å². The van der Waals surface area contributed by atoms with Gasteiger partial charge in [0.25, 0.3) is 5.91 Å². The molecular formula is C14H16N4O3. The Hall–Kier alpha value is -2.46. The summed E-state index contributed by atoms with van der Waals surface area (Å²) >= 11 is 0. The first kappa shape index (κ1) is 14.9. The van der Waals surface area contributed by atoms with Crippen molar-refractivity contribution in [2.75, 3.05) is 26.3 Å². The van der Waals surface area contributed by atoms with Gasteiger partial charge in [-0.3, -0.25) is 9.59 Å². The Kier molecular flexibility index (Phi) is 4.85. The Morgan fingerprint density at radius 1 is 1.57 bits per heavy atom. The average molecular weight is 288 g/mol. The van der Waals surface area contributed by atoms with E-state index in [1.807, 2.05) is 13.0 Å². The van der Waals surface area contributed by atoms with Crippen LogP contribution in [0.4, 0.5) is 0 Å². The number of carbonyl (C=O) groups excluding carboxylic acids is 2. The molecule has 0 radical (unpaired) electrons. The summed E-state index contributed by atoms with van der Waals surface area (Å²) in [7, 11) is 0. The Labute approximate surface area is 122 Å². The summed E-state index contributed by atoms with van der Waals surface area (Å²) in [4.78, 5) is 29.9. The van der Waals surface area contributed by atoms with E-state index in [9.17, 15) is 9.59 Å². The molecule has 7 nitrogen and oxygen atoms in total. The number of aromatic nitrogens is 1. The third-order valence-corrected chi connectivity index (χ3v) is 3.15. The molecule has 2 amide bonds. The van der Waals surface area contributed by atoms with Gasteiger partial charge in [0.05, 0.1) is 18.8 Å². The van der Waals surface area contributed by atoms with Crippen LogP contribution in [0, 0.1) is 11.3 Å². The number of nitrogens with zero attached hydrogens (tertiary/aromatic N) is 3. The number of ether oxygens (including phenoxy) is 1. The van der Waals surface area contributed by atoms with Crippen LogP contribution in [0.5, 0.6) is 0 Å². The molecule has 7 heteroatoms. The molecule has 1 aliphatic rings. The third kappa shape index (κ3) is 3.35. The lowest BCUT2D eigenvalue weighted by atomic mass is 10.1. The molecule has 1 aromatic rings. The Morgan fingerprint density at radius 3 is 3.00 bits per heavy atom. The van der Waals surface area contributed by atoms with Crippen molar-refractivity contribution in [2.45, 2.75) is 13.0 Å². The van der Waals surface area contributed by atoms with E-state index in [1.54, 1.807) is 0 Å². The van der Waals surface area contributed by atoms with Crippen molar-refractivity contribution in [3.8, 4) is 6.07 Å². The number of pyridine rings is 1. The van der Waals surface area contributed by atoms with Crippen molar-refractivity contribution in [2.24, 2.45) is 0 Å². The maximum atomic E-state index is 12.5. The van der Waals surface area contributed by atoms with E-state index in [4.69, 9.17) is 10.00 Å². The molecule has 1 N–H and O–H groups in total. The SMILES string of the molecule is CCNC(=O)C1COCCN1C(=O)c1ccc(C#N)cn1. The minimum Gasteiger partial charge on any atom is -0.377 e. The summed E-state index contributed by atoms with van der Waals surface area (Å²) in [5.74, 6) is -0.571. The Balaban J connectivity index is 2.18. The van der Waals surface area contributed by atoms with E-state index in [0.717, 1.165) is 0 Å². The van der Waals surface area contributed by atoms with Gasteiger partial charge in [0.1, 0.15) is 17.8 Å². The highest BCUT2D eigenvalue weighted by Gasteiger charge is 2.33. The molecule has 110 valence electrons. The van der Waals surface area contributed by atoms with Gasteiger partial charge in [-0.2, -0.15) is 5.26 Å². The molecular weight excluding hydrogens is 272 g/mol. The number of hydrogen-bond acceptors (Lipinski definition) is 5. The minimum atomic E-state index is -0.649. The zero-order valence-electron chi connectivity index (χ0n) is 11.7. The number of nitrogens with one attached hydrogen (secondary N) is 1. The fourth-order valence-corrected chi connectivity index (χ4v) is 2.09. The first-order valence-electron chi connectivity index (χ1n) is 6.70. The van der Waals surface area contributed by atoms with E-state index in [1.165, 1.54) is 23.2 Å². The zero-order valence-corrected chi connectivity index (χ0v) is 11.7. The molecule has 1 unspecified atom stereocenters. The predicted octanol–water partition coefficient (Wildman–Crippen LogP) is -0.0696. The number of morpholine rings is 1. The molecule has 21 heavy (non-hydrogen) atoms. The number of hydrogen-bond donors (Lipinski definition) is 1. The minimum absolute atomic E-state index is 0.174. The second-order valence-electron chi connectivity index (χ2n) is 4.53. The average Bonchev–Trinajstić information content (AvgIpc) is 2.54. The van der Waals surface area contributed by atoms with Crippen molar-refractivity contribution in [3.63, 3.8) is 0 Å². The topological polar surface area (TPSA) is 95.3 Å². The lowest BCUT2D eigenvalue weighted by Crippen LogP contribution is -2.56. The largest absolute Gasteiger partial charge is 0.377 e. The number of likely N-dealkylation sites (N-methyl/N-ethyl adjacent to an activating group) is 1. The van der Waals surface area contributed by atoms with Crippen molar-refractivity contribution in [3.05, 3.63) is 29.6 Å². The fraction of sp³-hybridized carbons (Fsp3) is 0.429. The molecule has 2 rings (SSSR count). The van der Waals surface area contributed by atoms with Gasteiger partial charge in [-0.1, -0.05) is 0 Å². The molecule has 2 heterocycles. The van der Waals surface area contributed by atoms with Crippen LogP contribution in [0.2, 0.25) is 0 Å². The fourth-order valence-electron chi connectivity index (χ4n) is 2.09. The van der Waals surface area contributed by atoms with Crippen molar-refractivity contribution < 1.29 is 14.3 Å². The van der Waals surface area contributed by atoms with Crippen LogP contribution < -0.4 is 5.32 Å². The van der Waals surface area contributed by atoms with Crippen LogP contribution in [0.25, 0.3) is 0 Å². The third-order valence-electron chi connectivity index (χ3n) is 3.15. The number of amides is 2. The van der Waals surface area contributed by atoms with Crippen molar-refractivity contribution in [1.29, 1.82) is 5.26 Å². The number of carbonyl (C=O) groups is 2. The maximum Gasteiger partial charge on any atom is 0.273 e. The summed E-state index contributed by atoms with van der Waals surface area (Å²) in [5.41, 5.74) is 0.596. The molecule has 1 fully saturated rings. The molecule has 1 atom stereocenters. The molecule has 0 aliphatic carbocycles. The van der Waals surface area contributed by atoms with Crippen LogP contribution in [0.1, 0.15) is 23.0 Å². The van der Waals surface area contributed by atoms with Crippen LogP contribution in [-0.2, 0) is 9.53 Å². The van der Waals surface area contributed by atoms with Gasteiger partial charge in [-0.15, -0.1) is 0 Å². The van der Waals surface area contributed by atoms with Gasteiger partial charge in [-0.25, -0.2) is 4.98 Å². The van der Waals surface area contributed by atoms with Gasteiger partial charge >= 0.3 is 0 Å². The lowest BCUT2D eigenvalue weighted by molar-refractivity contribution is -0.130. The Bertz CT molecular complexity index is 565. The van der Waals surface area contributed by atoms with Crippen molar-refractivity contribution >= 4 is 11.8 Å². The molecule has 0 bridgehead atoms. The monoisotopic (exact) mass is 288 g/mol. The highest BCUT2D eigenvalue weighted by Crippen LogP contribution is 2.12. The number of rotatable bonds is 3. The molecule has 1 aromatic heterocycles. The van der Waals surface area contributed by atoms with Crippen LogP contribution in [-0.4, -0.2) is 54.0 Å². The molecule has 0 saturated carbocycles. The first-order valence-corrected chi connectivity index (χ1v) is 6.70. The maximum absolute atomic E-state index is 12.5. The molecule has 1 saturated heterocycles. The van der Waals surface area contributed by atoms with Crippen LogP contribution in [0.3, 0.4) is 0 Å². The standard InChI is InChI=1S/C14H16N4O3/c1-2-16-13(19)12-9-21-6-5-18(12)14(20)11-4-3-10(7-15)8-17-11/h3-4,8,12H,2,5-6,9H2,1H3,(H,16,19). The smallest absolute Gasteiger partial charge is 0.273 e. The van der Waals surface area contributed by atoms with Gasteiger partial charge in [-0.05, 0) is 19.1 Å². The summed E-state index contributed by atoms with van der Waals surface area (Å²) in [6, 6.07) is 4.32. The summed E-state index contributed by atoms with van der Waals surface area (Å²) in [5, 5.41) is 11.4. The van der Waals surface area contributed by atoms with Gasteiger partial charge in [0.15, 0.2) is 0 Å². The lowest BCUT2D eigenvalue weighted by Gasteiger charge is -2.34. The van der Waals surface area contributed by atoms with E-state index < -0.39 is 6.04 Å². The second kappa shape index (κ2) is 6.81. The zero-order chi connectivity index (χ0) is 15.2. The quantitative estimate of drug-likeness (QED) is 0.840. The molecule has 1 aliphatic heterocycles. The molecule has 0 spiro atoms. The first-order chi connectivity index (χ1) is 10.2. The number of nitriles is 1.